The number of para-hydroxylation sites is 1. The number of primary amides is 1. The Balaban J connectivity index is 2.46. The van der Waals surface area contributed by atoms with Gasteiger partial charge in [-0.25, -0.2) is 4.39 Å². The lowest BCUT2D eigenvalue weighted by molar-refractivity contribution is -0.121. The molecule has 1 fully saturated rings. The van der Waals surface area contributed by atoms with Crippen LogP contribution >= 0.6 is 0 Å². The van der Waals surface area contributed by atoms with E-state index in [2.05, 4.69) is 0 Å². The van der Waals surface area contributed by atoms with Crippen molar-refractivity contribution in [1.29, 1.82) is 0 Å². The molecule has 5 nitrogen and oxygen atoms in total. The van der Waals surface area contributed by atoms with Gasteiger partial charge in [-0.1, -0.05) is 12.1 Å². The van der Waals surface area contributed by atoms with E-state index in [1.807, 2.05) is 0 Å². The summed E-state index contributed by atoms with van der Waals surface area (Å²) >= 11 is 0. The largest absolute Gasteiger partial charge is 0.389 e. The maximum absolute atomic E-state index is 14.1. The molecule has 19 heavy (non-hydrogen) atoms. The number of aliphatic hydroxyl groups is 1. The molecule has 104 valence electrons. The van der Waals surface area contributed by atoms with E-state index in [0.717, 1.165) is 0 Å². The first-order chi connectivity index (χ1) is 9.02. The lowest BCUT2D eigenvalue weighted by Crippen LogP contribution is -2.53. The minimum Gasteiger partial charge on any atom is -0.389 e. The van der Waals surface area contributed by atoms with Crippen molar-refractivity contribution in [1.82, 2.24) is 0 Å². The topological polar surface area (TPSA) is 75.8 Å². The van der Waals surface area contributed by atoms with Gasteiger partial charge in [-0.3, -0.25) is 4.79 Å². The van der Waals surface area contributed by atoms with Crippen molar-refractivity contribution < 1.29 is 19.0 Å². The quantitative estimate of drug-likeness (QED) is 0.840. The van der Waals surface area contributed by atoms with E-state index in [1.165, 1.54) is 12.1 Å². The van der Waals surface area contributed by atoms with Crippen molar-refractivity contribution in [3.63, 3.8) is 0 Å². The van der Waals surface area contributed by atoms with E-state index in [-0.39, 0.29) is 12.3 Å². The number of carbonyl (C=O) groups is 1. The van der Waals surface area contributed by atoms with Gasteiger partial charge in [0, 0.05) is 12.1 Å². The van der Waals surface area contributed by atoms with E-state index in [4.69, 9.17) is 10.5 Å². The molecular weight excluding hydrogens is 251 g/mol. The number of hydrogen-bond acceptors (Lipinski definition) is 4. The maximum atomic E-state index is 14.1. The number of rotatable bonds is 3. The van der Waals surface area contributed by atoms with Crippen LogP contribution in [0, 0.1) is 5.82 Å². The zero-order valence-electron chi connectivity index (χ0n) is 10.7. The third-order valence-corrected chi connectivity index (χ3v) is 3.21. The van der Waals surface area contributed by atoms with Gasteiger partial charge in [0.25, 0.3) is 0 Å². The van der Waals surface area contributed by atoms with Crippen molar-refractivity contribution in [2.75, 3.05) is 24.7 Å². The lowest BCUT2D eigenvalue weighted by Gasteiger charge is -2.37. The number of carbonyl (C=O) groups excluding carboxylic acids is 1. The fourth-order valence-corrected chi connectivity index (χ4v) is 2.28. The molecule has 1 unspecified atom stereocenters. The molecule has 0 spiro atoms. The summed E-state index contributed by atoms with van der Waals surface area (Å²) in [5, 5.41) is 9.74. The summed E-state index contributed by atoms with van der Waals surface area (Å²) in [5.74, 6) is -1.05. The van der Waals surface area contributed by atoms with Crippen LogP contribution < -0.4 is 10.6 Å². The van der Waals surface area contributed by atoms with E-state index in [1.54, 1.807) is 17.9 Å². The van der Waals surface area contributed by atoms with Gasteiger partial charge < -0.3 is 20.5 Å². The minimum atomic E-state index is -0.831. The van der Waals surface area contributed by atoms with Crippen LogP contribution in [0.3, 0.4) is 0 Å². The second kappa shape index (κ2) is 5.54. The maximum Gasteiger partial charge on any atom is 0.242 e. The molecule has 3 N–H and O–H groups in total. The zero-order chi connectivity index (χ0) is 14.0. The van der Waals surface area contributed by atoms with Crippen LogP contribution in [0.4, 0.5) is 10.1 Å². The van der Waals surface area contributed by atoms with Crippen molar-refractivity contribution in [2.24, 2.45) is 5.73 Å². The summed E-state index contributed by atoms with van der Waals surface area (Å²) in [7, 11) is 0. The van der Waals surface area contributed by atoms with Crippen LogP contribution in [0.15, 0.2) is 18.2 Å². The molecule has 0 bridgehead atoms. The number of benzene rings is 1. The summed E-state index contributed by atoms with van der Waals surface area (Å²) in [4.78, 5) is 13.0. The van der Waals surface area contributed by atoms with Gasteiger partial charge in [0.15, 0.2) is 0 Å². The van der Waals surface area contributed by atoms with Crippen LogP contribution in [0.1, 0.15) is 18.6 Å². The number of aliphatic hydroxyl groups excluding tert-OH is 1. The smallest absolute Gasteiger partial charge is 0.242 e. The standard InChI is InChI=1S/C13H17FN2O3/c1-8(17)9-3-2-4-10(14)12(9)16-5-6-19-7-11(16)13(15)18/h2-4,8,11,17H,5-7H2,1H3,(H2,15,18)/t8-,11?/m1/s1. The number of nitrogens with zero attached hydrogens (tertiary/aromatic N) is 1. The second-order valence-corrected chi connectivity index (χ2v) is 4.54. The molecule has 1 aliphatic rings. The molecule has 1 amide bonds. The van der Waals surface area contributed by atoms with Crippen LogP contribution in [0.25, 0.3) is 0 Å². The number of halogens is 1. The number of ether oxygens (including phenoxy) is 1. The zero-order valence-corrected chi connectivity index (χ0v) is 10.7. The fourth-order valence-electron chi connectivity index (χ4n) is 2.28. The Morgan fingerprint density at radius 2 is 2.37 bits per heavy atom. The van der Waals surface area contributed by atoms with Gasteiger partial charge in [-0.15, -0.1) is 0 Å². The number of nitrogens with two attached hydrogens (primary N) is 1. The van der Waals surface area contributed by atoms with Gasteiger partial charge in [0.05, 0.1) is 25.0 Å². The van der Waals surface area contributed by atoms with Crippen molar-refractivity contribution >= 4 is 11.6 Å². The normalized spacial score (nSPS) is 21.2. The van der Waals surface area contributed by atoms with Crippen molar-refractivity contribution in [3.05, 3.63) is 29.6 Å². The highest BCUT2D eigenvalue weighted by atomic mass is 19.1. The van der Waals surface area contributed by atoms with Crippen LogP contribution in [-0.4, -0.2) is 36.8 Å². The first-order valence-electron chi connectivity index (χ1n) is 6.12. The summed E-state index contributed by atoms with van der Waals surface area (Å²) in [6.45, 7) is 2.42. The predicted octanol–water partition coefficient (Wildman–Crippen LogP) is 0.569. The van der Waals surface area contributed by atoms with Crippen molar-refractivity contribution in [3.8, 4) is 0 Å². The average Bonchev–Trinajstić information content (AvgIpc) is 2.38. The van der Waals surface area contributed by atoms with E-state index in [0.29, 0.717) is 18.7 Å². The van der Waals surface area contributed by atoms with E-state index in [9.17, 15) is 14.3 Å². The molecule has 1 saturated heterocycles. The Hall–Kier alpha value is -1.66. The summed E-state index contributed by atoms with van der Waals surface area (Å²) in [6, 6.07) is 3.74. The molecule has 1 aliphatic heterocycles. The van der Waals surface area contributed by atoms with Crippen LogP contribution in [0.5, 0.6) is 0 Å². The predicted molar refractivity (Wildman–Crippen MR) is 68.2 cm³/mol. The van der Waals surface area contributed by atoms with E-state index >= 15 is 0 Å². The Morgan fingerprint density at radius 1 is 1.63 bits per heavy atom. The lowest BCUT2D eigenvalue weighted by atomic mass is 10.0. The monoisotopic (exact) mass is 268 g/mol. The molecule has 1 heterocycles. The molecule has 2 atom stereocenters. The summed E-state index contributed by atoms with van der Waals surface area (Å²) in [6.07, 6.45) is -0.831. The molecule has 6 heteroatoms. The Labute approximate surface area is 110 Å². The molecule has 0 aliphatic carbocycles. The number of anilines is 1. The summed E-state index contributed by atoms with van der Waals surface area (Å²) in [5.41, 5.74) is 5.99. The molecular formula is C13H17FN2O3. The van der Waals surface area contributed by atoms with Gasteiger partial charge in [0.2, 0.25) is 5.91 Å². The molecule has 1 aromatic rings. The number of hydrogen-bond donors (Lipinski definition) is 2. The van der Waals surface area contributed by atoms with Gasteiger partial charge >= 0.3 is 0 Å². The fraction of sp³-hybridized carbons (Fsp3) is 0.462. The minimum absolute atomic E-state index is 0.128. The SMILES string of the molecule is C[C@@H](O)c1cccc(F)c1N1CCOCC1C(N)=O. The number of amides is 1. The Kier molecular flexibility index (Phi) is 4.01. The third-order valence-electron chi connectivity index (χ3n) is 3.21. The highest BCUT2D eigenvalue weighted by Crippen LogP contribution is 2.31. The highest BCUT2D eigenvalue weighted by Gasteiger charge is 2.31. The first-order valence-corrected chi connectivity index (χ1v) is 6.12. The van der Waals surface area contributed by atoms with E-state index < -0.39 is 23.9 Å². The van der Waals surface area contributed by atoms with Crippen LogP contribution in [-0.2, 0) is 9.53 Å². The molecule has 1 aromatic carbocycles. The summed E-state index contributed by atoms with van der Waals surface area (Å²) < 4.78 is 19.3. The molecule has 2 rings (SSSR count). The van der Waals surface area contributed by atoms with Gasteiger partial charge in [-0.05, 0) is 13.0 Å². The van der Waals surface area contributed by atoms with Crippen molar-refractivity contribution in [2.45, 2.75) is 19.1 Å². The molecule has 0 radical (unpaired) electrons. The van der Waals surface area contributed by atoms with Gasteiger partial charge in [0.1, 0.15) is 11.9 Å². The first kappa shape index (κ1) is 13.8. The Bertz CT molecular complexity index is 479. The molecule has 0 saturated carbocycles. The third kappa shape index (κ3) is 2.69. The Morgan fingerprint density at radius 3 is 3.00 bits per heavy atom. The van der Waals surface area contributed by atoms with Crippen LogP contribution in [0.2, 0.25) is 0 Å². The molecule has 0 aromatic heterocycles. The highest BCUT2D eigenvalue weighted by molar-refractivity contribution is 5.84. The second-order valence-electron chi connectivity index (χ2n) is 4.54. The number of morpholine rings is 1. The van der Waals surface area contributed by atoms with Gasteiger partial charge in [-0.2, -0.15) is 0 Å². The average molecular weight is 268 g/mol.